The molecule has 1 aromatic carbocycles. The number of para-hydroxylation sites is 1. The standard InChI is InChI=1S/C8H6INO/c9-6-3-1-2-5-4-7(11)10-8(5)6/h1-3H,4H2,(H,10,11). The highest BCUT2D eigenvalue weighted by Crippen LogP contribution is 2.27. The van der Waals surface area contributed by atoms with Crippen LogP contribution in [0.15, 0.2) is 18.2 Å². The molecule has 0 aliphatic carbocycles. The molecule has 0 saturated carbocycles. The Kier molecular flexibility index (Phi) is 1.60. The van der Waals surface area contributed by atoms with Gasteiger partial charge in [0, 0.05) is 3.57 Å². The molecule has 1 aliphatic heterocycles. The number of anilines is 1. The number of hydrogen-bond acceptors (Lipinski definition) is 1. The van der Waals surface area contributed by atoms with Gasteiger partial charge in [-0.05, 0) is 34.2 Å². The van der Waals surface area contributed by atoms with Gasteiger partial charge in [-0.25, -0.2) is 0 Å². The Bertz CT molecular complexity index is 322. The van der Waals surface area contributed by atoms with Gasteiger partial charge in [0.05, 0.1) is 12.1 Å². The van der Waals surface area contributed by atoms with Crippen molar-refractivity contribution in [2.45, 2.75) is 6.42 Å². The number of carbonyl (C=O) groups excluding carboxylic acids is 1. The second-order valence-corrected chi connectivity index (χ2v) is 3.66. The van der Waals surface area contributed by atoms with E-state index in [2.05, 4.69) is 27.9 Å². The van der Waals surface area contributed by atoms with Crippen LogP contribution in [0.1, 0.15) is 5.56 Å². The van der Waals surface area contributed by atoms with Crippen molar-refractivity contribution in [2.75, 3.05) is 5.32 Å². The maximum atomic E-state index is 10.9. The summed E-state index contributed by atoms with van der Waals surface area (Å²) >= 11 is 2.22. The minimum absolute atomic E-state index is 0.101. The lowest BCUT2D eigenvalue weighted by molar-refractivity contribution is -0.115. The van der Waals surface area contributed by atoms with Crippen molar-refractivity contribution in [1.29, 1.82) is 0 Å². The van der Waals surface area contributed by atoms with E-state index in [0.29, 0.717) is 6.42 Å². The Morgan fingerprint density at radius 1 is 1.45 bits per heavy atom. The predicted octanol–water partition coefficient (Wildman–Crippen LogP) is 1.79. The van der Waals surface area contributed by atoms with Crippen molar-refractivity contribution in [3.63, 3.8) is 0 Å². The van der Waals surface area contributed by atoms with E-state index in [0.717, 1.165) is 14.8 Å². The van der Waals surface area contributed by atoms with Crippen LogP contribution in [-0.2, 0) is 11.2 Å². The molecule has 1 N–H and O–H groups in total. The molecular formula is C8H6INO. The molecule has 0 aromatic heterocycles. The summed E-state index contributed by atoms with van der Waals surface area (Å²) in [5.74, 6) is 0.101. The first-order chi connectivity index (χ1) is 5.27. The van der Waals surface area contributed by atoms with Crippen LogP contribution < -0.4 is 5.32 Å². The molecule has 11 heavy (non-hydrogen) atoms. The summed E-state index contributed by atoms with van der Waals surface area (Å²) < 4.78 is 1.12. The first-order valence-corrected chi connectivity index (χ1v) is 4.42. The van der Waals surface area contributed by atoms with E-state index in [9.17, 15) is 4.79 Å². The molecule has 0 fully saturated rings. The lowest BCUT2D eigenvalue weighted by Gasteiger charge is -1.99. The van der Waals surface area contributed by atoms with Crippen LogP contribution in [0.3, 0.4) is 0 Å². The van der Waals surface area contributed by atoms with E-state index in [1.54, 1.807) is 0 Å². The molecule has 2 rings (SSSR count). The summed E-state index contributed by atoms with van der Waals surface area (Å²) in [7, 11) is 0. The minimum Gasteiger partial charge on any atom is -0.325 e. The molecule has 0 saturated heterocycles. The monoisotopic (exact) mass is 259 g/mol. The van der Waals surface area contributed by atoms with Gasteiger partial charge in [-0.1, -0.05) is 12.1 Å². The molecule has 0 bridgehead atoms. The van der Waals surface area contributed by atoms with Crippen molar-refractivity contribution in [3.05, 3.63) is 27.3 Å². The zero-order valence-corrected chi connectivity index (χ0v) is 7.88. The van der Waals surface area contributed by atoms with E-state index in [1.807, 2.05) is 18.2 Å². The normalized spacial score (nSPS) is 14.5. The van der Waals surface area contributed by atoms with E-state index >= 15 is 0 Å². The quantitative estimate of drug-likeness (QED) is 0.707. The van der Waals surface area contributed by atoms with Gasteiger partial charge in [-0.2, -0.15) is 0 Å². The lowest BCUT2D eigenvalue weighted by atomic mass is 10.2. The summed E-state index contributed by atoms with van der Waals surface area (Å²) in [6.07, 6.45) is 0.534. The molecule has 0 radical (unpaired) electrons. The summed E-state index contributed by atoms with van der Waals surface area (Å²) in [6.45, 7) is 0. The van der Waals surface area contributed by atoms with Crippen LogP contribution >= 0.6 is 22.6 Å². The van der Waals surface area contributed by atoms with E-state index in [4.69, 9.17) is 0 Å². The third kappa shape index (κ3) is 1.13. The fourth-order valence-electron chi connectivity index (χ4n) is 1.21. The van der Waals surface area contributed by atoms with Gasteiger partial charge in [-0.3, -0.25) is 4.79 Å². The smallest absolute Gasteiger partial charge is 0.228 e. The Morgan fingerprint density at radius 3 is 3.00 bits per heavy atom. The van der Waals surface area contributed by atoms with Crippen LogP contribution in [0.4, 0.5) is 5.69 Å². The van der Waals surface area contributed by atoms with Crippen molar-refractivity contribution < 1.29 is 4.79 Å². The lowest BCUT2D eigenvalue weighted by Crippen LogP contribution is -2.04. The average molecular weight is 259 g/mol. The number of fused-ring (bicyclic) bond motifs is 1. The summed E-state index contributed by atoms with van der Waals surface area (Å²) in [6, 6.07) is 5.95. The van der Waals surface area contributed by atoms with Crippen molar-refractivity contribution in [1.82, 2.24) is 0 Å². The highest BCUT2D eigenvalue weighted by Gasteiger charge is 2.18. The van der Waals surface area contributed by atoms with Gasteiger partial charge in [0.2, 0.25) is 5.91 Å². The van der Waals surface area contributed by atoms with Crippen molar-refractivity contribution in [3.8, 4) is 0 Å². The summed E-state index contributed by atoms with van der Waals surface area (Å²) in [5, 5.41) is 2.82. The molecule has 3 heteroatoms. The SMILES string of the molecule is O=C1Cc2cccc(I)c2N1. The molecule has 1 aliphatic rings. The number of hydrogen-bond donors (Lipinski definition) is 1. The maximum absolute atomic E-state index is 10.9. The molecule has 1 aromatic rings. The first-order valence-electron chi connectivity index (χ1n) is 3.34. The van der Waals surface area contributed by atoms with Gasteiger partial charge in [-0.15, -0.1) is 0 Å². The van der Waals surface area contributed by atoms with Crippen LogP contribution in [-0.4, -0.2) is 5.91 Å². The van der Waals surface area contributed by atoms with Crippen molar-refractivity contribution in [2.24, 2.45) is 0 Å². The average Bonchev–Trinajstić information content (AvgIpc) is 2.31. The number of carbonyl (C=O) groups is 1. The minimum atomic E-state index is 0.101. The summed E-state index contributed by atoms with van der Waals surface area (Å²) in [5.41, 5.74) is 2.11. The third-order valence-corrected chi connectivity index (χ3v) is 2.61. The molecule has 0 spiro atoms. The molecular weight excluding hydrogens is 253 g/mol. The predicted molar refractivity (Wildman–Crippen MR) is 51.5 cm³/mol. The van der Waals surface area contributed by atoms with Crippen LogP contribution in [0.5, 0.6) is 0 Å². The third-order valence-electron chi connectivity index (χ3n) is 1.72. The number of halogens is 1. The zero-order chi connectivity index (χ0) is 7.84. The molecule has 2 nitrogen and oxygen atoms in total. The highest BCUT2D eigenvalue weighted by molar-refractivity contribution is 14.1. The zero-order valence-electron chi connectivity index (χ0n) is 5.73. The number of benzene rings is 1. The van der Waals surface area contributed by atoms with E-state index in [-0.39, 0.29) is 5.91 Å². The fourth-order valence-corrected chi connectivity index (χ4v) is 1.90. The van der Waals surface area contributed by atoms with Crippen molar-refractivity contribution >= 4 is 34.2 Å². The first kappa shape index (κ1) is 7.09. The number of nitrogens with one attached hydrogen (secondary N) is 1. The Hall–Kier alpha value is -0.580. The van der Waals surface area contributed by atoms with Crippen LogP contribution in [0.2, 0.25) is 0 Å². The van der Waals surface area contributed by atoms with E-state index < -0.39 is 0 Å². The fraction of sp³-hybridized carbons (Fsp3) is 0.125. The largest absolute Gasteiger partial charge is 0.325 e. The highest BCUT2D eigenvalue weighted by atomic mass is 127. The number of rotatable bonds is 0. The second kappa shape index (κ2) is 2.48. The topological polar surface area (TPSA) is 29.1 Å². The molecule has 56 valence electrons. The molecule has 1 amide bonds. The Labute approximate surface area is 78.1 Å². The van der Waals surface area contributed by atoms with Gasteiger partial charge in [0.1, 0.15) is 0 Å². The van der Waals surface area contributed by atoms with Gasteiger partial charge in [0.15, 0.2) is 0 Å². The Balaban J connectivity index is 2.57. The van der Waals surface area contributed by atoms with Crippen LogP contribution in [0, 0.1) is 3.57 Å². The molecule has 0 atom stereocenters. The maximum Gasteiger partial charge on any atom is 0.228 e. The van der Waals surface area contributed by atoms with Gasteiger partial charge < -0.3 is 5.32 Å². The van der Waals surface area contributed by atoms with Gasteiger partial charge >= 0.3 is 0 Å². The van der Waals surface area contributed by atoms with Crippen LogP contribution in [0.25, 0.3) is 0 Å². The number of amides is 1. The molecule has 0 unspecified atom stereocenters. The molecule has 1 heterocycles. The summed E-state index contributed by atoms with van der Waals surface area (Å²) in [4.78, 5) is 10.9. The van der Waals surface area contributed by atoms with Gasteiger partial charge in [0.25, 0.3) is 0 Å². The van der Waals surface area contributed by atoms with E-state index in [1.165, 1.54) is 0 Å². The second-order valence-electron chi connectivity index (χ2n) is 2.50. The Morgan fingerprint density at radius 2 is 2.27 bits per heavy atom.